The molecule has 0 atom stereocenters. The Balaban J connectivity index is 2.77. The molecule has 0 aromatic heterocycles. The van der Waals surface area contributed by atoms with Crippen LogP contribution in [0, 0.1) is 36.5 Å². The minimum atomic E-state index is -0.524. The fourth-order valence-electron chi connectivity index (χ4n) is 2.67. The minimum Gasteiger partial charge on any atom is -0.504 e. The molecule has 0 aliphatic carbocycles. The van der Waals surface area contributed by atoms with Gasteiger partial charge in [-0.3, -0.25) is 0 Å². The maximum absolute atomic E-state index is 9.97. The number of aromatic hydroxyl groups is 2. The molecule has 24 heavy (non-hydrogen) atoms. The lowest BCUT2D eigenvalue weighted by Gasteiger charge is -2.18. The van der Waals surface area contributed by atoms with Gasteiger partial charge < -0.3 is 14.9 Å². The number of hydrogen-bond acceptors (Lipinski definition) is 5. The molecule has 2 rings (SSSR count). The Morgan fingerprint density at radius 1 is 1.00 bits per heavy atom. The highest BCUT2D eigenvalue weighted by Crippen LogP contribution is 2.41. The standard InChI is InChI=1S/C19H18N2O3/c1-10(2)24-19-11(3)5-13(6-12(19)4)17-14(8-20)7-16(22)18(23)15(17)9-21/h5-7,10,22-23H,1-4H3. The highest BCUT2D eigenvalue weighted by Gasteiger charge is 2.20. The van der Waals surface area contributed by atoms with Crippen LogP contribution in [0.5, 0.6) is 17.2 Å². The Labute approximate surface area is 141 Å². The van der Waals surface area contributed by atoms with Gasteiger partial charge in [-0.25, -0.2) is 0 Å². The molecule has 2 aromatic carbocycles. The van der Waals surface area contributed by atoms with Crippen molar-refractivity contribution in [1.29, 1.82) is 10.5 Å². The lowest BCUT2D eigenvalue weighted by atomic mass is 9.91. The molecule has 0 saturated heterocycles. The molecule has 0 heterocycles. The number of nitrogens with zero attached hydrogens (tertiary/aromatic N) is 2. The van der Waals surface area contributed by atoms with Crippen LogP contribution in [-0.2, 0) is 0 Å². The maximum atomic E-state index is 9.97. The van der Waals surface area contributed by atoms with E-state index in [1.54, 1.807) is 12.1 Å². The van der Waals surface area contributed by atoms with Gasteiger partial charge in [0, 0.05) is 11.6 Å². The molecule has 0 unspecified atom stereocenters. The van der Waals surface area contributed by atoms with Gasteiger partial charge in [0.15, 0.2) is 11.5 Å². The Kier molecular flexibility index (Phi) is 4.66. The third kappa shape index (κ3) is 2.98. The summed E-state index contributed by atoms with van der Waals surface area (Å²) in [7, 11) is 0. The zero-order chi connectivity index (χ0) is 18.0. The molecule has 5 nitrogen and oxygen atoms in total. The van der Waals surface area contributed by atoms with Gasteiger partial charge in [0.05, 0.1) is 17.7 Å². The van der Waals surface area contributed by atoms with E-state index in [2.05, 4.69) is 0 Å². The first kappa shape index (κ1) is 17.2. The highest BCUT2D eigenvalue weighted by molar-refractivity contribution is 5.82. The average Bonchev–Trinajstić information content (AvgIpc) is 2.52. The molecular weight excluding hydrogens is 304 g/mol. The van der Waals surface area contributed by atoms with E-state index >= 15 is 0 Å². The van der Waals surface area contributed by atoms with Crippen LogP contribution < -0.4 is 4.74 Å². The fraction of sp³-hybridized carbons (Fsp3) is 0.263. The number of phenolic OH excluding ortho intramolecular Hbond substituents is 2. The van der Waals surface area contributed by atoms with E-state index in [0.29, 0.717) is 11.1 Å². The zero-order valence-electron chi connectivity index (χ0n) is 14.0. The molecular formula is C19H18N2O3. The van der Waals surface area contributed by atoms with Gasteiger partial charge in [-0.2, -0.15) is 10.5 Å². The Morgan fingerprint density at radius 2 is 1.58 bits per heavy atom. The van der Waals surface area contributed by atoms with Gasteiger partial charge in [0.2, 0.25) is 0 Å². The molecule has 0 aliphatic rings. The number of benzene rings is 2. The first-order chi connectivity index (χ1) is 11.3. The second-order valence-corrected chi connectivity index (χ2v) is 5.87. The van der Waals surface area contributed by atoms with Crippen LogP contribution in [0.2, 0.25) is 0 Å². The minimum absolute atomic E-state index is 0.0234. The van der Waals surface area contributed by atoms with Gasteiger partial charge in [0.25, 0.3) is 0 Å². The van der Waals surface area contributed by atoms with Crippen molar-refractivity contribution in [2.75, 3.05) is 0 Å². The fourth-order valence-corrected chi connectivity index (χ4v) is 2.67. The number of ether oxygens (including phenoxy) is 1. The quantitative estimate of drug-likeness (QED) is 0.835. The van der Waals surface area contributed by atoms with Crippen molar-refractivity contribution < 1.29 is 14.9 Å². The topological polar surface area (TPSA) is 97.3 Å². The summed E-state index contributed by atoms with van der Waals surface area (Å²) >= 11 is 0. The average molecular weight is 322 g/mol. The SMILES string of the molecule is Cc1cc(-c2c(C#N)cc(O)c(O)c2C#N)cc(C)c1OC(C)C. The van der Waals surface area contributed by atoms with Crippen molar-refractivity contribution in [3.63, 3.8) is 0 Å². The Hall–Kier alpha value is -3.18. The van der Waals surface area contributed by atoms with Crippen molar-refractivity contribution in [3.05, 3.63) is 40.5 Å². The highest BCUT2D eigenvalue weighted by atomic mass is 16.5. The molecule has 5 heteroatoms. The largest absolute Gasteiger partial charge is 0.504 e. The monoisotopic (exact) mass is 322 g/mol. The second-order valence-electron chi connectivity index (χ2n) is 5.87. The zero-order valence-corrected chi connectivity index (χ0v) is 14.0. The molecule has 2 N–H and O–H groups in total. The smallest absolute Gasteiger partial charge is 0.176 e. The van der Waals surface area contributed by atoms with Crippen molar-refractivity contribution >= 4 is 0 Å². The van der Waals surface area contributed by atoms with Crippen molar-refractivity contribution in [2.24, 2.45) is 0 Å². The first-order valence-electron chi connectivity index (χ1n) is 7.47. The Bertz CT molecular complexity index is 864. The molecule has 0 amide bonds. The van der Waals surface area contributed by atoms with Crippen molar-refractivity contribution in [2.45, 2.75) is 33.8 Å². The van der Waals surface area contributed by atoms with Crippen LogP contribution in [0.3, 0.4) is 0 Å². The predicted molar refractivity (Wildman–Crippen MR) is 89.9 cm³/mol. The van der Waals surface area contributed by atoms with Crippen molar-refractivity contribution in [1.82, 2.24) is 0 Å². The third-order valence-corrected chi connectivity index (χ3v) is 3.61. The van der Waals surface area contributed by atoms with Gasteiger partial charge >= 0.3 is 0 Å². The van der Waals surface area contributed by atoms with Crippen LogP contribution in [0.1, 0.15) is 36.1 Å². The van der Waals surface area contributed by atoms with E-state index < -0.39 is 11.5 Å². The summed E-state index contributed by atoms with van der Waals surface area (Å²) < 4.78 is 5.80. The summed E-state index contributed by atoms with van der Waals surface area (Å²) in [6.07, 6.45) is 0.0234. The number of aryl methyl sites for hydroxylation is 2. The lowest BCUT2D eigenvalue weighted by molar-refractivity contribution is 0.239. The van der Waals surface area contributed by atoms with Crippen LogP contribution in [0.15, 0.2) is 18.2 Å². The van der Waals surface area contributed by atoms with Crippen LogP contribution in [0.25, 0.3) is 11.1 Å². The normalized spacial score (nSPS) is 10.3. The molecule has 0 bridgehead atoms. The van der Waals surface area contributed by atoms with E-state index in [0.717, 1.165) is 22.9 Å². The predicted octanol–water partition coefficient (Wildman–Crippen LogP) is 3.91. The van der Waals surface area contributed by atoms with Crippen LogP contribution in [-0.4, -0.2) is 16.3 Å². The summed E-state index contributed by atoms with van der Waals surface area (Å²) in [5.74, 6) is -0.252. The van der Waals surface area contributed by atoms with Gasteiger partial charge in [-0.15, -0.1) is 0 Å². The number of rotatable bonds is 3. The summed E-state index contributed by atoms with van der Waals surface area (Å²) in [6.45, 7) is 7.64. The third-order valence-electron chi connectivity index (χ3n) is 3.61. The molecule has 0 radical (unpaired) electrons. The van der Waals surface area contributed by atoms with Crippen molar-refractivity contribution in [3.8, 4) is 40.5 Å². The Morgan fingerprint density at radius 3 is 2.04 bits per heavy atom. The molecule has 0 spiro atoms. The van der Waals surface area contributed by atoms with E-state index in [-0.39, 0.29) is 17.2 Å². The summed E-state index contributed by atoms with van der Waals surface area (Å²) in [5.41, 5.74) is 2.64. The first-order valence-corrected chi connectivity index (χ1v) is 7.47. The summed E-state index contributed by atoms with van der Waals surface area (Å²) in [6, 6.07) is 8.61. The van der Waals surface area contributed by atoms with Gasteiger partial charge in [0.1, 0.15) is 17.4 Å². The van der Waals surface area contributed by atoms with Gasteiger partial charge in [-0.05, 0) is 56.5 Å². The molecule has 0 saturated carbocycles. The van der Waals surface area contributed by atoms with E-state index in [1.165, 1.54) is 0 Å². The number of hydrogen-bond donors (Lipinski definition) is 2. The summed E-state index contributed by atoms with van der Waals surface area (Å²) in [5, 5.41) is 38.4. The molecule has 122 valence electrons. The van der Waals surface area contributed by atoms with E-state index in [9.17, 15) is 20.7 Å². The second kappa shape index (κ2) is 6.52. The molecule has 0 fully saturated rings. The van der Waals surface area contributed by atoms with E-state index in [1.807, 2.05) is 39.8 Å². The lowest BCUT2D eigenvalue weighted by Crippen LogP contribution is -2.08. The molecule has 0 aliphatic heterocycles. The van der Waals surface area contributed by atoms with Crippen LogP contribution in [0.4, 0.5) is 0 Å². The maximum Gasteiger partial charge on any atom is 0.176 e. The van der Waals surface area contributed by atoms with Gasteiger partial charge in [-0.1, -0.05) is 0 Å². The number of nitriles is 2. The molecule has 2 aromatic rings. The number of phenols is 2. The van der Waals surface area contributed by atoms with E-state index in [4.69, 9.17) is 4.74 Å². The van der Waals surface area contributed by atoms with Crippen LogP contribution >= 0.6 is 0 Å². The summed E-state index contributed by atoms with van der Waals surface area (Å²) in [4.78, 5) is 0.